The maximum absolute atomic E-state index is 8.69. The lowest BCUT2D eigenvalue weighted by molar-refractivity contribution is 1.11. The first-order valence-electron chi connectivity index (χ1n) is 5.40. The van der Waals surface area contributed by atoms with E-state index in [4.69, 9.17) is 28.5 Å². The number of benzene rings is 1. The monoisotopic (exact) mass is 276 g/mol. The molecule has 0 saturated carbocycles. The molecule has 90 valence electrons. The Morgan fingerprint density at radius 2 is 1.94 bits per heavy atom. The van der Waals surface area contributed by atoms with Gasteiger partial charge in [0, 0.05) is 11.3 Å². The first-order valence-corrected chi connectivity index (χ1v) is 6.16. The van der Waals surface area contributed by atoms with E-state index in [1.807, 2.05) is 25.1 Å². The molecule has 0 fully saturated rings. The summed E-state index contributed by atoms with van der Waals surface area (Å²) in [6, 6.07) is 11.3. The van der Waals surface area contributed by atoms with Crippen molar-refractivity contribution in [1.29, 1.82) is 5.26 Å². The summed E-state index contributed by atoms with van der Waals surface area (Å²) in [4.78, 5) is 4.48. The molecule has 0 N–H and O–H groups in total. The van der Waals surface area contributed by atoms with E-state index in [0.717, 1.165) is 22.5 Å². The van der Waals surface area contributed by atoms with Crippen LogP contribution < -0.4 is 0 Å². The van der Waals surface area contributed by atoms with Crippen LogP contribution in [0.5, 0.6) is 0 Å². The van der Waals surface area contributed by atoms with E-state index in [9.17, 15) is 0 Å². The molecule has 0 amide bonds. The highest BCUT2D eigenvalue weighted by atomic mass is 35.5. The first kappa shape index (κ1) is 12.9. The summed E-state index contributed by atoms with van der Waals surface area (Å²) < 4.78 is 0. The number of pyridine rings is 1. The van der Waals surface area contributed by atoms with Gasteiger partial charge >= 0.3 is 0 Å². The zero-order valence-corrected chi connectivity index (χ0v) is 11.3. The summed E-state index contributed by atoms with van der Waals surface area (Å²) in [5, 5.41) is 9.72. The van der Waals surface area contributed by atoms with Crippen LogP contribution >= 0.6 is 23.2 Å². The highest BCUT2D eigenvalue weighted by molar-refractivity contribution is 6.42. The van der Waals surface area contributed by atoms with Crippen LogP contribution in [0.4, 0.5) is 0 Å². The van der Waals surface area contributed by atoms with E-state index in [1.54, 1.807) is 12.1 Å². The molecule has 1 heterocycles. The van der Waals surface area contributed by atoms with E-state index >= 15 is 0 Å². The molecule has 0 saturated heterocycles. The minimum atomic E-state index is 0.375. The maximum Gasteiger partial charge on any atom is 0.0705 e. The molecule has 0 bridgehead atoms. The largest absolute Gasteiger partial charge is 0.253 e. The van der Waals surface area contributed by atoms with Gasteiger partial charge in [0.05, 0.1) is 28.2 Å². The van der Waals surface area contributed by atoms with Crippen molar-refractivity contribution in [2.75, 3.05) is 0 Å². The van der Waals surface area contributed by atoms with E-state index < -0.39 is 0 Å². The average Bonchev–Trinajstić information content (AvgIpc) is 2.35. The van der Waals surface area contributed by atoms with Gasteiger partial charge in [0.25, 0.3) is 0 Å². The molecule has 0 atom stereocenters. The van der Waals surface area contributed by atoms with Gasteiger partial charge in [0.1, 0.15) is 0 Å². The van der Waals surface area contributed by atoms with Crippen molar-refractivity contribution in [3.05, 3.63) is 51.6 Å². The second kappa shape index (κ2) is 5.39. The fourth-order valence-electron chi connectivity index (χ4n) is 1.68. The predicted molar refractivity (Wildman–Crippen MR) is 73.7 cm³/mol. The second-order valence-electron chi connectivity index (χ2n) is 3.90. The van der Waals surface area contributed by atoms with Gasteiger partial charge in [-0.3, -0.25) is 4.98 Å². The zero-order valence-electron chi connectivity index (χ0n) is 9.74. The SMILES string of the molecule is Cc1nc(-c2ccc(Cl)c(Cl)c2)ccc1CC#N. The molecule has 1 aromatic carbocycles. The third kappa shape index (κ3) is 2.64. The zero-order chi connectivity index (χ0) is 13.1. The van der Waals surface area contributed by atoms with Gasteiger partial charge in [0.15, 0.2) is 0 Å². The first-order chi connectivity index (χ1) is 8.61. The third-order valence-electron chi connectivity index (χ3n) is 2.68. The number of hydrogen-bond acceptors (Lipinski definition) is 2. The van der Waals surface area contributed by atoms with Gasteiger partial charge in [-0.15, -0.1) is 0 Å². The van der Waals surface area contributed by atoms with E-state index in [2.05, 4.69) is 11.1 Å². The Morgan fingerprint density at radius 1 is 1.17 bits per heavy atom. The molecule has 0 aliphatic heterocycles. The van der Waals surface area contributed by atoms with Crippen molar-refractivity contribution in [2.45, 2.75) is 13.3 Å². The Balaban J connectivity index is 2.43. The minimum Gasteiger partial charge on any atom is -0.253 e. The van der Waals surface area contributed by atoms with Gasteiger partial charge in [0.2, 0.25) is 0 Å². The van der Waals surface area contributed by atoms with Crippen LogP contribution in [0.15, 0.2) is 30.3 Å². The maximum atomic E-state index is 8.69. The quantitative estimate of drug-likeness (QED) is 0.814. The molecule has 2 nitrogen and oxygen atoms in total. The van der Waals surface area contributed by atoms with E-state index in [0.29, 0.717) is 16.5 Å². The Morgan fingerprint density at radius 3 is 2.56 bits per heavy atom. The number of nitrogens with zero attached hydrogens (tertiary/aromatic N) is 2. The summed E-state index contributed by atoms with van der Waals surface area (Å²) in [5.41, 5.74) is 3.55. The average molecular weight is 277 g/mol. The fraction of sp³-hybridized carbons (Fsp3) is 0.143. The van der Waals surface area contributed by atoms with Crippen LogP contribution in [-0.4, -0.2) is 4.98 Å². The molecule has 0 aliphatic carbocycles. The fourth-order valence-corrected chi connectivity index (χ4v) is 1.98. The number of aryl methyl sites for hydroxylation is 1. The topological polar surface area (TPSA) is 36.7 Å². The highest BCUT2D eigenvalue weighted by Crippen LogP contribution is 2.28. The Labute approximate surface area is 116 Å². The summed E-state index contributed by atoms with van der Waals surface area (Å²) in [6.45, 7) is 1.90. The molecule has 0 radical (unpaired) electrons. The van der Waals surface area contributed by atoms with Gasteiger partial charge in [-0.05, 0) is 30.7 Å². The number of rotatable bonds is 2. The van der Waals surface area contributed by atoms with Crippen LogP contribution in [0.2, 0.25) is 10.0 Å². The van der Waals surface area contributed by atoms with Crippen molar-refractivity contribution in [3.63, 3.8) is 0 Å². The molecule has 4 heteroatoms. The van der Waals surface area contributed by atoms with Crippen LogP contribution in [0.25, 0.3) is 11.3 Å². The van der Waals surface area contributed by atoms with Crippen LogP contribution in [-0.2, 0) is 6.42 Å². The van der Waals surface area contributed by atoms with Gasteiger partial charge in [-0.2, -0.15) is 5.26 Å². The standard InChI is InChI=1S/C14H10Cl2N2/c1-9-10(6-7-17)3-5-14(18-9)11-2-4-12(15)13(16)8-11/h2-5,8H,6H2,1H3. The molecule has 0 unspecified atom stereocenters. The minimum absolute atomic E-state index is 0.375. The normalized spacial score (nSPS) is 10.1. The number of halogens is 2. The molecule has 0 aliphatic rings. The smallest absolute Gasteiger partial charge is 0.0705 e. The van der Waals surface area contributed by atoms with Crippen molar-refractivity contribution in [3.8, 4) is 17.3 Å². The van der Waals surface area contributed by atoms with Crippen LogP contribution in [0, 0.1) is 18.3 Å². The molecule has 18 heavy (non-hydrogen) atoms. The highest BCUT2D eigenvalue weighted by Gasteiger charge is 2.06. The van der Waals surface area contributed by atoms with Crippen molar-refractivity contribution in [1.82, 2.24) is 4.98 Å². The molecule has 2 aromatic rings. The van der Waals surface area contributed by atoms with Crippen molar-refractivity contribution in [2.24, 2.45) is 0 Å². The third-order valence-corrected chi connectivity index (χ3v) is 3.42. The van der Waals surface area contributed by atoms with Gasteiger partial charge in [-0.1, -0.05) is 35.3 Å². The Hall–Kier alpha value is -1.56. The summed E-state index contributed by atoms with van der Waals surface area (Å²) >= 11 is 11.9. The lowest BCUT2D eigenvalue weighted by Crippen LogP contribution is -1.93. The number of nitriles is 1. The molecule has 0 spiro atoms. The second-order valence-corrected chi connectivity index (χ2v) is 4.72. The van der Waals surface area contributed by atoms with Gasteiger partial charge < -0.3 is 0 Å². The number of aromatic nitrogens is 1. The van der Waals surface area contributed by atoms with Crippen molar-refractivity contribution >= 4 is 23.2 Å². The van der Waals surface area contributed by atoms with Crippen LogP contribution in [0.1, 0.15) is 11.3 Å². The van der Waals surface area contributed by atoms with Gasteiger partial charge in [-0.25, -0.2) is 0 Å². The summed E-state index contributed by atoms with van der Waals surface area (Å²) in [5.74, 6) is 0. The van der Waals surface area contributed by atoms with Crippen LogP contribution in [0.3, 0.4) is 0 Å². The lowest BCUT2D eigenvalue weighted by atomic mass is 10.1. The number of hydrogen-bond donors (Lipinski definition) is 0. The van der Waals surface area contributed by atoms with E-state index in [-0.39, 0.29) is 0 Å². The Kier molecular flexibility index (Phi) is 3.86. The molecular formula is C14H10Cl2N2. The lowest BCUT2D eigenvalue weighted by Gasteiger charge is -2.06. The van der Waals surface area contributed by atoms with Crippen molar-refractivity contribution < 1.29 is 0 Å². The van der Waals surface area contributed by atoms with E-state index in [1.165, 1.54) is 0 Å². The summed E-state index contributed by atoms with van der Waals surface area (Å²) in [6.07, 6.45) is 0.375. The summed E-state index contributed by atoms with van der Waals surface area (Å²) in [7, 11) is 0. The molecule has 1 aromatic heterocycles. The predicted octanol–water partition coefficient (Wildman–Crippen LogP) is 4.43. The Bertz CT molecular complexity index is 630. The molecular weight excluding hydrogens is 267 g/mol. The molecule has 2 rings (SSSR count).